The molecule has 3 N–H and O–H groups in total. The number of hydrogen-bond acceptors (Lipinski definition) is 6. The smallest absolute Gasteiger partial charge is 0.290 e. The average Bonchev–Trinajstić information content (AvgIpc) is 3.24. The fourth-order valence-electron chi connectivity index (χ4n) is 2.52. The third-order valence-electron chi connectivity index (χ3n) is 3.77. The highest BCUT2D eigenvalue weighted by molar-refractivity contribution is 6.04. The van der Waals surface area contributed by atoms with Crippen LogP contribution in [0.15, 0.2) is 73.3 Å². The number of carboxylic acid groups (broad SMARTS) is 1. The van der Waals surface area contributed by atoms with Crippen molar-refractivity contribution in [3.05, 3.63) is 79.0 Å². The molecule has 9 nitrogen and oxygen atoms in total. The highest BCUT2D eigenvalue weighted by atomic mass is 16.3. The molecule has 9 heteroatoms. The minimum absolute atomic E-state index is 0.250. The van der Waals surface area contributed by atoms with Crippen LogP contribution in [0.3, 0.4) is 0 Å². The van der Waals surface area contributed by atoms with Crippen LogP contribution in [0.2, 0.25) is 0 Å². The van der Waals surface area contributed by atoms with E-state index in [1.54, 1.807) is 36.9 Å². The Morgan fingerprint density at radius 2 is 1.76 bits per heavy atom. The highest BCUT2D eigenvalue weighted by Gasteiger charge is 2.14. The first-order chi connectivity index (χ1) is 14.2. The molecule has 0 saturated heterocycles. The predicted octanol–water partition coefficient (Wildman–Crippen LogP) is 2.88. The molecule has 0 saturated carbocycles. The number of amides is 1. The van der Waals surface area contributed by atoms with Crippen molar-refractivity contribution in [3.63, 3.8) is 0 Å². The van der Waals surface area contributed by atoms with Crippen molar-refractivity contribution in [2.75, 3.05) is 5.32 Å². The summed E-state index contributed by atoms with van der Waals surface area (Å²) in [6, 6.07) is 14.5. The summed E-state index contributed by atoms with van der Waals surface area (Å²) >= 11 is 0. The lowest BCUT2D eigenvalue weighted by Crippen LogP contribution is -2.14. The summed E-state index contributed by atoms with van der Waals surface area (Å²) < 4.78 is 0. The van der Waals surface area contributed by atoms with E-state index in [-0.39, 0.29) is 12.4 Å². The fourth-order valence-corrected chi connectivity index (χ4v) is 2.52. The number of rotatable bonds is 4. The van der Waals surface area contributed by atoms with Gasteiger partial charge in [0.1, 0.15) is 11.4 Å². The van der Waals surface area contributed by atoms with Crippen LogP contribution in [0.4, 0.5) is 5.69 Å². The maximum Gasteiger partial charge on any atom is 0.290 e. The minimum Gasteiger partial charge on any atom is -0.483 e. The molecule has 0 fully saturated rings. The molecular weight excluding hydrogens is 372 g/mol. The summed E-state index contributed by atoms with van der Waals surface area (Å²) in [5.41, 5.74) is 3.80. The van der Waals surface area contributed by atoms with Gasteiger partial charge in [0, 0.05) is 24.2 Å². The van der Waals surface area contributed by atoms with Crippen molar-refractivity contribution in [2.24, 2.45) is 0 Å². The molecule has 0 aromatic carbocycles. The largest absolute Gasteiger partial charge is 0.483 e. The molecular formula is C20H16N6O3. The van der Waals surface area contributed by atoms with Gasteiger partial charge in [0.2, 0.25) is 0 Å². The van der Waals surface area contributed by atoms with E-state index in [9.17, 15) is 4.79 Å². The van der Waals surface area contributed by atoms with Crippen molar-refractivity contribution in [2.45, 2.75) is 0 Å². The SMILES string of the molecule is O=C(Nc1cn[nH]c1-c1ccccn1)c1cccc(-c2ccncc2)n1.O=CO. The Bertz CT molecular complexity index is 1080. The lowest BCUT2D eigenvalue weighted by Gasteiger charge is -2.07. The van der Waals surface area contributed by atoms with Crippen molar-refractivity contribution >= 4 is 18.1 Å². The standard InChI is InChI=1S/C19H14N6O.CH2O2/c26-19(16-6-3-5-14(23-16)13-7-10-20-11-8-13)24-17-12-22-25-18(17)15-4-1-2-9-21-15;2-1-3/h1-12H,(H,22,25)(H,24,26);1H,(H,2,3). The van der Waals surface area contributed by atoms with Gasteiger partial charge in [0.15, 0.2) is 0 Å². The second-order valence-corrected chi connectivity index (χ2v) is 5.58. The van der Waals surface area contributed by atoms with Crippen LogP contribution in [0, 0.1) is 0 Å². The van der Waals surface area contributed by atoms with E-state index in [2.05, 4.69) is 30.5 Å². The van der Waals surface area contributed by atoms with Gasteiger partial charge in [0.25, 0.3) is 12.4 Å². The molecule has 29 heavy (non-hydrogen) atoms. The Labute approximate surface area is 165 Å². The van der Waals surface area contributed by atoms with Crippen LogP contribution in [0.1, 0.15) is 10.5 Å². The van der Waals surface area contributed by atoms with Gasteiger partial charge in [-0.15, -0.1) is 0 Å². The van der Waals surface area contributed by atoms with Gasteiger partial charge in [-0.1, -0.05) is 12.1 Å². The number of aromatic nitrogens is 5. The van der Waals surface area contributed by atoms with Crippen LogP contribution in [0.5, 0.6) is 0 Å². The van der Waals surface area contributed by atoms with E-state index >= 15 is 0 Å². The maximum absolute atomic E-state index is 12.6. The van der Waals surface area contributed by atoms with Crippen LogP contribution in [0.25, 0.3) is 22.6 Å². The Morgan fingerprint density at radius 1 is 1.00 bits per heavy atom. The van der Waals surface area contributed by atoms with Gasteiger partial charge in [-0.2, -0.15) is 5.10 Å². The molecule has 0 aliphatic heterocycles. The van der Waals surface area contributed by atoms with Gasteiger partial charge in [-0.05, 0) is 36.4 Å². The molecule has 1 amide bonds. The molecule has 4 rings (SSSR count). The van der Waals surface area contributed by atoms with E-state index in [0.717, 1.165) is 5.56 Å². The van der Waals surface area contributed by atoms with Crippen LogP contribution in [-0.4, -0.2) is 42.6 Å². The normalized spacial score (nSPS) is 9.79. The van der Waals surface area contributed by atoms with Crippen molar-refractivity contribution < 1.29 is 14.7 Å². The van der Waals surface area contributed by atoms with E-state index in [4.69, 9.17) is 9.90 Å². The average molecular weight is 388 g/mol. The van der Waals surface area contributed by atoms with E-state index in [1.807, 2.05) is 36.4 Å². The zero-order valence-corrected chi connectivity index (χ0v) is 15.1. The summed E-state index contributed by atoms with van der Waals surface area (Å²) in [7, 11) is 0. The molecule has 0 unspecified atom stereocenters. The third-order valence-corrected chi connectivity index (χ3v) is 3.77. The number of aromatic amines is 1. The minimum atomic E-state index is -0.320. The van der Waals surface area contributed by atoms with Crippen LogP contribution < -0.4 is 5.32 Å². The van der Waals surface area contributed by atoms with Crippen molar-refractivity contribution in [3.8, 4) is 22.6 Å². The summed E-state index contributed by atoms with van der Waals surface area (Å²) in [4.78, 5) is 33.7. The van der Waals surface area contributed by atoms with Crippen molar-refractivity contribution in [1.82, 2.24) is 25.1 Å². The Balaban J connectivity index is 0.000000755. The fraction of sp³-hybridized carbons (Fsp3) is 0. The lowest BCUT2D eigenvalue weighted by atomic mass is 10.1. The number of pyridine rings is 3. The van der Waals surface area contributed by atoms with Crippen LogP contribution >= 0.6 is 0 Å². The van der Waals surface area contributed by atoms with E-state index in [1.165, 1.54) is 0 Å². The molecule has 4 aromatic rings. The number of carbonyl (C=O) groups is 2. The first-order valence-corrected chi connectivity index (χ1v) is 8.44. The number of hydrogen-bond donors (Lipinski definition) is 3. The summed E-state index contributed by atoms with van der Waals surface area (Å²) in [6.07, 6.45) is 6.61. The van der Waals surface area contributed by atoms with Crippen LogP contribution in [-0.2, 0) is 4.79 Å². The van der Waals surface area contributed by atoms with Gasteiger partial charge < -0.3 is 10.4 Å². The molecule has 0 spiro atoms. The zero-order chi connectivity index (χ0) is 20.5. The molecule has 144 valence electrons. The maximum atomic E-state index is 12.6. The highest BCUT2D eigenvalue weighted by Crippen LogP contribution is 2.24. The molecule has 4 aromatic heterocycles. The van der Waals surface area contributed by atoms with E-state index < -0.39 is 0 Å². The molecule has 0 atom stereocenters. The number of carbonyl (C=O) groups excluding carboxylic acids is 1. The molecule has 0 aliphatic carbocycles. The number of anilines is 1. The molecule has 0 aliphatic rings. The molecule has 0 radical (unpaired) electrons. The number of H-pyrrole nitrogens is 1. The first kappa shape index (κ1) is 19.4. The monoisotopic (exact) mass is 388 g/mol. The first-order valence-electron chi connectivity index (χ1n) is 8.44. The second kappa shape index (κ2) is 9.51. The van der Waals surface area contributed by atoms with Gasteiger partial charge >= 0.3 is 0 Å². The van der Waals surface area contributed by atoms with Gasteiger partial charge in [-0.3, -0.25) is 24.7 Å². The second-order valence-electron chi connectivity index (χ2n) is 5.58. The summed E-state index contributed by atoms with van der Waals surface area (Å²) in [5.74, 6) is -0.320. The Hall–Kier alpha value is -4.40. The third kappa shape index (κ3) is 4.86. The van der Waals surface area contributed by atoms with Gasteiger partial charge in [0.05, 0.1) is 23.3 Å². The van der Waals surface area contributed by atoms with Crippen molar-refractivity contribution in [1.29, 1.82) is 0 Å². The molecule has 4 heterocycles. The number of nitrogens with one attached hydrogen (secondary N) is 2. The number of nitrogens with zero attached hydrogens (tertiary/aromatic N) is 4. The topological polar surface area (TPSA) is 134 Å². The molecule has 0 bridgehead atoms. The van der Waals surface area contributed by atoms with Gasteiger partial charge in [-0.25, -0.2) is 4.98 Å². The zero-order valence-electron chi connectivity index (χ0n) is 15.1. The lowest BCUT2D eigenvalue weighted by molar-refractivity contribution is -0.122. The predicted molar refractivity (Wildman–Crippen MR) is 106 cm³/mol. The Morgan fingerprint density at radius 3 is 2.48 bits per heavy atom. The summed E-state index contributed by atoms with van der Waals surface area (Å²) in [6.45, 7) is -0.250. The quantitative estimate of drug-likeness (QED) is 0.458. The Kier molecular flexibility index (Phi) is 6.35. The summed E-state index contributed by atoms with van der Waals surface area (Å²) in [5, 5.41) is 16.6. The van der Waals surface area contributed by atoms with E-state index in [0.29, 0.717) is 28.5 Å².